The number of aromatic nitrogens is 2. The average Bonchev–Trinajstić information content (AvgIpc) is 2.35. The molecule has 1 unspecified atom stereocenters. The van der Waals surface area contributed by atoms with Crippen molar-refractivity contribution in [3.05, 3.63) is 22.9 Å². The molecular weight excluding hydrogens is 176 g/mol. The molecule has 0 aliphatic carbocycles. The Kier molecular flexibility index (Phi) is 2.24. The summed E-state index contributed by atoms with van der Waals surface area (Å²) in [7, 11) is 0. The zero-order valence-electron chi connectivity index (χ0n) is 7.02. The summed E-state index contributed by atoms with van der Waals surface area (Å²) in [5.74, 6) is -1.36. The fraction of sp³-hybridized carbons (Fsp3) is 0.429. The van der Waals surface area contributed by atoms with Crippen LogP contribution in [0.3, 0.4) is 0 Å². The van der Waals surface area contributed by atoms with Crippen molar-refractivity contribution >= 4 is 5.97 Å². The van der Waals surface area contributed by atoms with Crippen LogP contribution in [0.15, 0.2) is 17.2 Å². The van der Waals surface area contributed by atoms with E-state index in [-0.39, 0.29) is 6.54 Å². The minimum atomic E-state index is -1.92. The van der Waals surface area contributed by atoms with E-state index < -0.39 is 17.3 Å². The molecule has 0 amide bonds. The summed E-state index contributed by atoms with van der Waals surface area (Å²) in [5, 5.41) is 17.9. The monoisotopic (exact) mass is 186 g/mol. The maximum absolute atomic E-state index is 10.9. The third kappa shape index (κ3) is 1.97. The van der Waals surface area contributed by atoms with Crippen LogP contribution < -0.4 is 5.69 Å². The fourth-order valence-corrected chi connectivity index (χ4v) is 0.873. The van der Waals surface area contributed by atoms with E-state index in [4.69, 9.17) is 5.11 Å². The summed E-state index contributed by atoms with van der Waals surface area (Å²) < 4.78 is 1.09. The van der Waals surface area contributed by atoms with E-state index >= 15 is 0 Å². The van der Waals surface area contributed by atoms with Gasteiger partial charge in [0.15, 0.2) is 5.60 Å². The van der Waals surface area contributed by atoms with E-state index in [9.17, 15) is 14.7 Å². The Hall–Kier alpha value is -1.56. The quantitative estimate of drug-likeness (QED) is 0.565. The number of aliphatic hydroxyl groups is 1. The van der Waals surface area contributed by atoms with Gasteiger partial charge in [0.25, 0.3) is 0 Å². The van der Waals surface area contributed by atoms with Gasteiger partial charge in [-0.1, -0.05) is 0 Å². The van der Waals surface area contributed by atoms with Gasteiger partial charge in [0.05, 0.1) is 6.54 Å². The molecule has 1 aromatic rings. The van der Waals surface area contributed by atoms with Gasteiger partial charge in [-0.05, 0) is 6.92 Å². The summed E-state index contributed by atoms with van der Waals surface area (Å²) in [6, 6.07) is 0. The molecule has 3 N–H and O–H groups in total. The van der Waals surface area contributed by atoms with Crippen LogP contribution in [0.4, 0.5) is 0 Å². The first-order valence-corrected chi connectivity index (χ1v) is 3.63. The highest BCUT2D eigenvalue weighted by molar-refractivity contribution is 5.76. The van der Waals surface area contributed by atoms with Crippen LogP contribution in [0.5, 0.6) is 0 Å². The predicted molar refractivity (Wildman–Crippen MR) is 43.3 cm³/mol. The van der Waals surface area contributed by atoms with Crippen LogP contribution in [-0.2, 0) is 11.3 Å². The number of carbonyl (C=O) groups is 1. The molecule has 13 heavy (non-hydrogen) atoms. The molecular formula is C7H10N2O4. The standard InChI is InChI=1S/C7H10N2O4/c1-7(13,5(10)11)4-9-3-2-8-6(9)12/h2-3,13H,4H2,1H3,(H,8,12)(H,10,11). The van der Waals surface area contributed by atoms with E-state index in [2.05, 4.69) is 4.98 Å². The smallest absolute Gasteiger partial charge is 0.337 e. The number of nitrogens with zero attached hydrogens (tertiary/aromatic N) is 1. The first-order chi connectivity index (χ1) is 5.93. The van der Waals surface area contributed by atoms with Crippen LogP contribution in [-0.4, -0.2) is 31.3 Å². The maximum Gasteiger partial charge on any atom is 0.337 e. The van der Waals surface area contributed by atoms with E-state index in [0.29, 0.717) is 0 Å². The molecule has 0 saturated heterocycles. The van der Waals surface area contributed by atoms with Crippen molar-refractivity contribution in [2.24, 2.45) is 0 Å². The molecule has 72 valence electrons. The van der Waals surface area contributed by atoms with Crippen LogP contribution in [0, 0.1) is 0 Å². The van der Waals surface area contributed by atoms with Gasteiger partial charge in [0.2, 0.25) is 0 Å². The molecule has 0 aromatic carbocycles. The number of carboxylic acid groups (broad SMARTS) is 1. The van der Waals surface area contributed by atoms with Crippen LogP contribution in [0.2, 0.25) is 0 Å². The van der Waals surface area contributed by atoms with Crippen LogP contribution >= 0.6 is 0 Å². The van der Waals surface area contributed by atoms with Crippen LogP contribution in [0.25, 0.3) is 0 Å². The Morgan fingerprint density at radius 2 is 2.38 bits per heavy atom. The van der Waals surface area contributed by atoms with Gasteiger partial charge < -0.3 is 15.2 Å². The Morgan fingerprint density at radius 3 is 2.77 bits per heavy atom. The topological polar surface area (TPSA) is 95.3 Å². The molecule has 1 aromatic heterocycles. The van der Waals surface area contributed by atoms with E-state index in [0.717, 1.165) is 11.5 Å². The minimum Gasteiger partial charge on any atom is -0.479 e. The Morgan fingerprint density at radius 1 is 1.77 bits per heavy atom. The maximum atomic E-state index is 10.9. The Balaban J connectivity index is 2.87. The largest absolute Gasteiger partial charge is 0.479 e. The molecule has 0 saturated carbocycles. The van der Waals surface area contributed by atoms with Crippen molar-refractivity contribution in [1.29, 1.82) is 0 Å². The third-order valence-electron chi connectivity index (χ3n) is 1.66. The van der Waals surface area contributed by atoms with Gasteiger partial charge in [-0.15, -0.1) is 0 Å². The molecule has 0 aliphatic rings. The van der Waals surface area contributed by atoms with Crippen molar-refractivity contribution < 1.29 is 15.0 Å². The van der Waals surface area contributed by atoms with Gasteiger partial charge in [-0.2, -0.15) is 0 Å². The molecule has 0 spiro atoms. The molecule has 0 aliphatic heterocycles. The Labute approximate surface area is 73.4 Å². The molecule has 6 nitrogen and oxygen atoms in total. The normalized spacial score (nSPS) is 15.2. The number of imidazole rings is 1. The van der Waals surface area contributed by atoms with Gasteiger partial charge in [-0.25, -0.2) is 9.59 Å². The summed E-state index contributed by atoms with van der Waals surface area (Å²) in [6.45, 7) is 0.861. The second-order valence-electron chi connectivity index (χ2n) is 2.97. The molecule has 0 radical (unpaired) electrons. The van der Waals surface area contributed by atoms with Gasteiger partial charge >= 0.3 is 11.7 Å². The number of aliphatic carboxylic acids is 1. The highest BCUT2D eigenvalue weighted by Crippen LogP contribution is 2.05. The lowest BCUT2D eigenvalue weighted by molar-refractivity contribution is -0.157. The second kappa shape index (κ2) is 3.06. The van der Waals surface area contributed by atoms with E-state index in [1.807, 2.05) is 0 Å². The van der Waals surface area contributed by atoms with Crippen molar-refractivity contribution in [2.45, 2.75) is 19.1 Å². The van der Waals surface area contributed by atoms with Crippen molar-refractivity contribution in [1.82, 2.24) is 9.55 Å². The summed E-state index contributed by atoms with van der Waals surface area (Å²) >= 11 is 0. The third-order valence-corrected chi connectivity index (χ3v) is 1.66. The molecule has 6 heteroatoms. The SMILES string of the molecule is CC(O)(Cn1cc[nH]c1=O)C(=O)O. The van der Waals surface area contributed by atoms with E-state index in [1.165, 1.54) is 12.4 Å². The first-order valence-electron chi connectivity index (χ1n) is 3.63. The summed E-state index contributed by atoms with van der Waals surface area (Å²) in [4.78, 5) is 23.7. The zero-order chi connectivity index (χ0) is 10.1. The van der Waals surface area contributed by atoms with Gasteiger partial charge in [-0.3, -0.25) is 4.57 Å². The fourth-order valence-electron chi connectivity index (χ4n) is 0.873. The lowest BCUT2D eigenvalue weighted by Crippen LogP contribution is -2.41. The van der Waals surface area contributed by atoms with E-state index in [1.54, 1.807) is 0 Å². The number of hydrogen-bond donors (Lipinski definition) is 3. The number of nitrogens with one attached hydrogen (secondary N) is 1. The molecule has 1 rings (SSSR count). The highest BCUT2D eigenvalue weighted by atomic mass is 16.4. The average molecular weight is 186 g/mol. The minimum absolute atomic E-state index is 0.273. The number of carboxylic acids is 1. The van der Waals surface area contributed by atoms with Crippen molar-refractivity contribution in [3.63, 3.8) is 0 Å². The number of aromatic amines is 1. The van der Waals surface area contributed by atoms with Gasteiger partial charge in [0, 0.05) is 12.4 Å². The summed E-state index contributed by atoms with van der Waals surface area (Å²) in [5.41, 5.74) is -2.37. The lowest BCUT2D eigenvalue weighted by atomic mass is 10.1. The number of hydrogen-bond acceptors (Lipinski definition) is 3. The zero-order valence-corrected chi connectivity index (χ0v) is 7.02. The number of H-pyrrole nitrogens is 1. The lowest BCUT2D eigenvalue weighted by Gasteiger charge is -2.17. The number of rotatable bonds is 3. The summed E-state index contributed by atoms with van der Waals surface area (Å²) in [6.07, 6.45) is 2.75. The second-order valence-corrected chi connectivity index (χ2v) is 2.97. The first kappa shape index (κ1) is 9.53. The predicted octanol–water partition coefficient (Wildman–Crippen LogP) is -0.988. The van der Waals surface area contributed by atoms with Crippen molar-refractivity contribution in [3.8, 4) is 0 Å². The van der Waals surface area contributed by atoms with Crippen LogP contribution in [0.1, 0.15) is 6.92 Å². The Bertz CT molecular complexity index is 363. The van der Waals surface area contributed by atoms with Gasteiger partial charge in [0.1, 0.15) is 0 Å². The molecule has 0 bridgehead atoms. The van der Waals surface area contributed by atoms with Crippen molar-refractivity contribution in [2.75, 3.05) is 0 Å². The molecule has 1 heterocycles. The highest BCUT2D eigenvalue weighted by Gasteiger charge is 2.30. The molecule has 0 fully saturated rings. The molecule has 1 atom stereocenters.